The minimum atomic E-state index is -0.821. The number of piperidine rings is 1. The number of amides is 2. The number of nitrogens with one attached hydrogen (secondary N) is 2. The second-order valence-electron chi connectivity index (χ2n) is 8.65. The first kappa shape index (κ1) is 23.8. The van der Waals surface area contributed by atoms with Gasteiger partial charge in [-0.25, -0.2) is 0 Å². The first-order valence-corrected chi connectivity index (χ1v) is 12.2. The number of alkyl halides is 1. The Kier molecular flexibility index (Phi) is 7.86. The van der Waals surface area contributed by atoms with Crippen LogP contribution in [0.1, 0.15) is 59.1 Å². The average molecular weight is 476 g/mol. The summed E-state index contributed by atoms with van der Waals surface area (Å²) in [6.07, 6.45) is 3.41. The van der Waals surface area contributed by atoms with E-state index in [9.17, 15) is 9.59 Å². The molecule has 1 aliphatic heterocycles. The molecule has 0 aromatic heterocycles. The van der Waals surface area contributed by atoms with Crippen molar-refractivity contribution in [1.82, 2.24) is 5.32 Å². The summed E-state index contributed by atoms with van der Waals surface area (Å²) in [5, 5.41) is 5.18. The molecule has 0 radical (unpaired) electrons. The highest BCUT2D eigenvalue weighted by atomic mass is 35.5. The number of nitrogens with zero attached hydrogens (tertiary/aromatic N) is 1. The predicted molar refractivity (Wildman–Crippen MR) is 138 cm³/mol. The topological polar surface area (TPSA) is 61.4 Å². The van der Waals surface area contributed by atoms with Crippen LogP contribution in [0.5, 0.6) is 0 Å². The highest BCUT2D eigenvalue weighted by Gasteiger charge is 2.22. The van der Waals surface area contributed by atoms with E-state index in [1.54, 1.807) is 6.07 Å². The zero-order valence-electron chi connectivity index (χ0n) is 19.3. The van der Waals surface area contributed by atoms with E-state index >= 15 is 0 Å². The molecule has 5 nitrogen and oxygen atoms in total. The second kappa shape index (κ2) is 11.2. The molecule has 2 atom stereocenters. The molecule has 6 heteroatoms. The van der Waals surface area contributed by atoms with Gasteiger partial charge in [-0.2, -0.15) is 0 Å². The van der Waals surface area contributed by atoms with Crippen LogP contribution in [0.15, 0.2) is 78.9 Å². The van der Waals surface area contributed by atoms with E-state index in [0.29, 0.717) is 11.3 Å². The molecular formula is C28H30ClN3O2. The van der Waals surface area contributed by atoms with Crippen molar-refractivity contribution in [2.75, 3.05) is 23.3 Å². The van der Waals surface area contributed by atoms with Crippen LogP contribution in [0.4, 0.5) is 11.4 Å². The van der Waals surface area contributed by atoms with Crippen LogP contribution < -0.4 is 15.5 Å². The lowest BCUT2D eigenvalue weighted by Gasteiger charge is -2.31. The van der Waals surface area contributed by atoms with Gasteiger partial charge >= 0.3 is 0 Å². The van der Waals surface area contributed by atoms with Crippen molar-refractivity contribution in [3.05, 3.63) is 95.6 Å². The highest BCUT2D eigenvalue weighted by molar-refractivity contribution is 6.32. The first-order valence-electron chi connectivity index (χ1n) is 11.8. The molecule has 176 valence electrons. The first-order chi connectivity index (χ1) is 16.5. The summed E-state index contributed by atoms with van der Waals surface area (Å²) < 4.78 is 0. The van der Waals surface area contributed by atoms with Gasteiger partial charge in [-0.1, -0.05) is 60.7 Å². The van der Waals surface area contributed by atoms with Crippen molar-refractivity contribution in [2.45, 2.75) is 37.6 Å². The summed E-state index contributed by atoms with van der Waals surface area (Å²) in [5.74, 6) is -0.499. The lowest BCUT2D eigenvalue weighted by molar-refractivity contribution is -0.116. The Hall–Kier alpha value is -3.31. The van der Waals surface area contributed by atoms with Crippen molar-refractivity contribution >= 4 is 34.8 Å². The monoisotopic (exact) mass is 475 g/mol. The SMILES string of the molecule is CC(NC(=O)c1cc(NC(=O)C(Cl)c2ccccc2)ccc1N1CCCCC1)c1ccccc1. The minimum Gasteiger partial charge on any atom is -0.371 e. The number of carbonyl (C=O) groups is 2. The lowest BCUT2D eigenvalue weighted by atomic mass is 10.0. The van der Waals surface area contributed by atoms with Crippen LogP contribution in [-0.4, -0.2) is 24.9 Å². The van der Waals surface area contributed by atoms with Crippen molar-refractivity contribution in [1.29, 1.82) is 0 Å². The number of hydrogen-bond donors (Lipinski definition) is 2. The van der Waals surface area contributed by atoms with Crippen molar-refractivity contribution in [3.63, 3.8) is 0 Å². The number of anilines is 2. The average Bonchev–Trinajstić information content (AvgIpc) is 2.89. The molecule has 3 aromatic rings. The Morgan fingerprint density at radius 3 is 2.12 bits per heavy atom. The Morgan fingerprint density at radius 1 is 0.853 bits per heavy atom. The summed E-state index contributed by atoms with van der Waals surface area (Å²) in [7, 11) is 0. The van der Waals surface area contributed by atoms with Crippen LogP contribution in [0.3, 0.4) is 0 Å². The van der Waals surface area contributed by atoms with Crippen LogP contribution in [0.25, 0.3) is 0 Å². The standard InChI is InChI=1S/C28H30ClN3O2/c1-20(21-11-5-2-6-12-21)30-27(33)24-19-23(15-16-25(24)32-17-9-4-10-18-32)31-28(34)26(29)22-13-7-3-8-14-22/h2-3,5-8,11-16,19-20,26H,4,9-10,17-18H2,1H3,(H,30,33)(H,31,34). The number of halogens is 1. The molecule has 0 saturated carbocycles. The fraction of sp³-hybridized carbons (Fsp3) is 0.286. The lowest BCUT2D eigenvalue weighted by Crippen LogP contribution is -2.33. The molecule has 0 bridgehead atoms. The second-order valence-corrected chi connectivity index (χ2v) is 9.08. The van der Waals surface area contributed by atoms with Gasteiger partial charge in [0.05, 0.1) is 11.6 Å². The Bertz CT molecular complexity index is 1120. The van der Waals surface area contributed by atoms with E-state index in [2.05, 4.69) is 15.5 Å². The van der Waals surface area contributed by atoms with E-state index in [1.165, 1.54) is 6.42 Å². The number of benzene rings is 3. The molecule has 3 aromatic carbocycles. The molecule has 0 aliphatic carbocycles. The molecule has 1 saturated heterocycles. The maximum Gasteiger partial charge on any atom is 0.253 e. The van der Waals surface area contributed by atoms with Gasteiger partial charge in [-0.05, 0) is 55.5 Å². The van der Waals surface area contributed by atoms with Gasteiger partial charge in [0.2, 0.25) is 5.91 Å². The molecule has 2 amide bonds. The van der Waals surface area contributed by atoms with Crippen LogP contribution in [-0.2, 0) is 4.79 Å². The smallest absolute Gasteiger partial charge is 0.253 e. The maximum absolute atomic E-state index is 13.4. The predicted octanol–water partition coefficient (Wildman–Crippen LogP) is 6.09. The van der Waals surface area contributed by atoms with Gasteiger partial charge in [-0.3, -0.25) is 9.59 Å². The Balaban J connectivity index is 1.57. The highest BCUT2D eigenvalue weighted by Crippen LogP contribution is 2.29. The third-order valence-electron chi connectivity index (χ3n) is 6.18. The number of hydrogen-bond acceptors (Lipinski definition) is 3. The van der Waals surface area contributed by atoms with E-state index < -0.39 is 5.38 Å². The van der Waals surface area contributed by atoms with E-state index in [1.807, 2.05) is 79.7 Å². The van der Waals surface area contributed by atoms with Gasteiger partial charge < -0.3 is 15.5 Å². The summed E-state index contributed by atoms with van der Waals surface area (Å²) in [6.45, 7) is 3.80. The van der Waals surface area contributed by atoms with Crippen LogP contribution in [0.2, 0.25) is 0 Å². The van der Waals surface area contributed by atoms with Crippen molar-refractivity contribution < 1.29 is 9.59 Å². The van der Waals surface area contributed by atoms with Gasteiger partial charge in [0.1, 0.15) is 5.38 Å². The molecule has 1 fully saturated rings. The third-order valence-corrected chi connectivity index (χ3v) is 6.63. The molecule has 1 heterocycles. The van der Waals surface area contributed by atoms with Gasteiger partial charge in [0, 0.05) is 24.5 Å². The quantitative estimate of drug-likeness (QED) is 0.407. The van der Waals surface area contributed by atoms with Crippen molar-refractivity contribution in [2.24, 2.45) is 0 Å². The molecule has 4 rings (SSSR count). The molecule has 1 aliphatic rings. The van der Waals surface area contributed by atoms with Crippen LogP contribution >= 0.6 is 11.6 Å². The van der Waals surface area contributed by atoms with Crippen molar-refractivity contribution in [3.8, 4) is 0 Å². The number of carbonyl (C=O) groups excluding carboxylic acids is 2. The normalized spacial score (nSPS) is 15.3. The zero-order chi connectivity index (χ0) is 23.9. The summed E-state index contributed by atoms with van der Waals surface area (Å²) in [6, 6.07) is 24.5. The Morgan fingerprint density at radius 2 is 1.47 bits per heavy atom. The van der Waals surface area contributed by atoms with Gasteiger partial charge in [0.25, 0.3) is 5.91 Å². The fourth-order valence-corrected chi connectivity index (χ4v) is 4.48. The Labute approximate surface area is 206 Å². The molecular weight excluding hydrogens is 446 g/mol. The van der Waals surface area contributed by atoms with Gasteiger partial charge in [0.15, 0.2) is 0 Å². The molecule has 2 N–H and O–H groups in total. The molecule has 0 spiro atoms. The van der Waals surface area contributed by atoms with Gasteiger partial charge in [-0.15, -0.1) is 11.6 Å². The maximum atomic E-state index is 13.4. The zero-order valence-corrected chi connectivity index (χ0v) is 20.1. The summed E-state index contributed by atoms with van der Waals surface area (Å²) in [5.41, 5.74) is 3.74. The summed E-state index contributed by atoms with van der Waals surface area (Å²) >= 11 is 6.40. The third kappa shape index (κ3) is 5.78. The largest absolute Gasteiger partial charge is 0.371 e. The van der Waals surface area contributed by atoms with E-state index in [-0.39, 0.29) is 17.9 Å². The number of rotatable bonds is 7. The fourth-order valence-electron chi connectivity index (χ4n) is 4.28. The van der Waals surface area contributed by atoms with Crippen LogP contribution in [0, 0.1) is 0 Å². The minimum absolute atomic E-state index is 0.147. The molecule has 2 unspecified atom stereocenters. The van der Waals surface area contributed by atoms with E-state index in [4.69, 9.17) is 11.6 Å². The summed E-state index contributed by atoms with van der Waals surface area (Å²) in [4.78, 5) is 28.5. The molecule has 34 heavy (non-hydrogen) atoms. The van der Waals surface area contributed by atoms with E-state index in [0.717, 1.165) is 42.7 Å².